The molecule has 1 unspecified atom stereocenters. The minimum absolute atomic E-state index is 0.00694. The highest BCUT2D eigenvalue weighted by atomic mass is 32.2. The molecule has 0 radical (unpaired) electrons. The van der Waals surface area contributed by atoms with Crippen molar-refractivity contribution < 1.29 is 14.4 Å². The van der Waals surface area contributed by atoms with Gasteiger partial charge < -0.3 is 5.32 Å². The maximum Gasteiger partial charge on any atom is 0.344 e. The van der Waals surface area contributed by atoms with Crippen molar-refractivity contribution in [2.24, 2.45) is 0 Å². The number of carbonyl (C=O) groups is 3. The molecule has 1 aliphatic heterocycles. The Hall–Kier alpha value is -2.17. The quantitative estimate of drug-likeness (QED) is 0.546. The Kier molecular flexibility index (Phi) is 3.96. The van der Waals surface area contributed by atoms with Crippen LogP contribution in [0, 0.1) is 0 Å². The Morgan fingerprint density at radius 2 is 2.22 bits per heavy atom. The first-order valence-corrected chi connectivity index (χ1v) is 8.30. The van der Waals surface area contributed by atoms with Gasteiger partial charge in [-0.1, -0.05) is 18.7 Å². The van der Waals surface area contributed by atoms with Crippen LogP contribution in [0.15, 0.2) is 5.16 Å². The molecule has 0 aromatic carbocycles. The number of amides is 4. The molecule has 10 nitrogen and oxygen atoms in total. The van der Waals surface area contributed by atoms with Gasteiger partial charge in [0.2, 0.25) is 11.1 Å². The van der Waals surface area contributed by atoms with E-state index in [9.17, 15) is 14.4 Å². The lowest BCUT2D eigenvalue weighted by Crippen LogP contribution is -2.49. The average molecular weight is 339 g/mol. The molecule has 4 amide bonds. The molecule has 124 valence electrons. The predicted molar refractivity (Wildman–Crippen MR) is 79.0 cm³/mol. The zero-order valence-corrected chi connectivity index (χ0v) is 13.6. The maximum atomic E-state index is 12.2. The fourth-order valence-corrected chi connectivity index (χ4v) is 2.88. The summed E-state index contributed by atoms with van der Waals surface area (Å²) in [7, 11) is 0. The van der Waals surface area contributed by atoms with Crippen LogP contribution in [-0.4, -0.2) is 54.4 Å². The number of urea groups is 1. The topological polar surface area (TPSA) is 122 Å². The third kappa shape index (κ3) is 3.00. The van der Waals surface area contributed by atoms with Crippen LogP contribution in [0.2, 0.25) is 0 Å². The van der Waals surface area contributed by atoms with Crippen molar-refractivity contribution in [3.05, 3.63) is 0 Å². The molecule has 1 saturated heterocycles. The number of aromatic nitrogens is 4. The number of hydrogen-bond acceptors (Lipinski definition) is 7. The highest BCUT2D eigenvalue weighted by Crippen LogP contribution is 2.36. The number of imide groups is 1. The van der Waals surface area contributed by atoms with Crippen molar-refractivity contribution in [1.82, 2.24) is 36.0 Å². The number of nitrogens with one attached hydrogen (secondary N) is 2. The predicted octanol–water partition coefficient (Wildman–Crippen LogP) is -0.148. The Bertz CT molecular complexity index is 659. The van der Waals surface area contributed by atoms with Gasteiger partial charge in [0.1, 0.15) is 5.54 Å². The number of nitrogens with zero attached hydrogens (tertiary/aromatic N) is 5. The first-order valence-electron chi connectivity index (χ1n) is 7.31. The van der Waals surface area contributed by atoms with Crippen molar-refractivity contribution in [2.45, 2.75) is 49.8 Å². The number of carbonyl (C=O) groups excluding carboxylic acids is 3. The number of tetrazole rings is 1. The minimum Gasteiger partial charge on any atom is -0.322 e. The molecule has 2 heterocycles. The SMILES string of the molecule is CCC1(C)NC(=O)N(NC(=O)CSc2nnnn2C2CC2)C1=O. The van der Waals surface area contributed by atoms with E-state index in [-0.39, 0.29) is 5.75 Å². The summed E-state index contributed by atoms with van der Waals surface area (Å²) < 4.78 is 1.69. The van der Waals surface area contributed by atoms with Gasteiger partial charge in [-0.3, -0.25) is 15.0 Å². The Balaban J connectivity index is 1.56. The molecule has 1 aromatic rings. The lowest BCUT2D eigenvalue weighted by atomic mass is 10.00. The van der Waals surface area contributed by atoms with E-state index < -0.39 is 23.4 Å². The van der Waals surface area contributed by atoms with E-state index in [1.54, 1.807) is 18.5 Å². The van der Waals surface area contributed by atoms with Gasteiger partial charge in [-0.15, -0.1) is 5.10 Å². The van der Waals surface area contributed by atoms with Gasteiger partial charge in [-0.2, -0.15) is 5.01 Å². The first kappa shape index (κ1) is 15.7. The highest BCUT2D eigenvalue weighted by molar-refractivity contribution is 7.99. The summed E-state index contributed by atoms with van der Waals surface area (Å²) in [5, 5.41) is 15.2. The third-order valence-electron chi connectivity index (χ3n) is 3.89. The van der Waals surface area contributed by atoms with E-state index in [1.165, 1.54) is 11.8 Å². The normalized spacial score (nSPS) is 24.0. The summed E-state index contributed by atoms with van der Waals surface area (Å²) in [6.45, 7) is 3.41. The second-order valence-electron chi connectivity index (χ2n) is 5.72. The first-order chi connectivity index (χ1) is 10.9. The Morgan fingerprint density at radius 3 is 2.83 bits per heavy atom. The van der Waals surface area contributed by atoms with Gasteiger partial charge in [0.25, 0.3) is 5.91 Å². The summed E-state index contributed by atoms with van der Waals surface area (Å²) in [4.78, 5) is 36.0. The zero-order valence-electron chi connectivity index (χ0n) is 12.8. The standard InChI is InChI=1S/C12H17N7O3S/c1-3-12(2)9(21)19(10(22)13-12)15-8(20)6-23-11-14-16-17-18(11)7-4-5-7/h7H,3-6H2,1-2H3,(H,13,22)(H,15,20). The average Bonchev–Trinajstić information content (AvgIpc) is 3.22. The molecule has 1 saturated carbocycles. The van der Waals surface area contributed by atoms with Gasteiger partial charge in [-0.05, 0) is 36.6 Å². The minimum atomic E-state index is -0.979. The summed E-state index contributed by atoms with van der Waals surface area (Å²) in [6.07, 6.45) is 2.50. The van der Waals surface area contributed by atoms with Crippen LogP contribution in [0.4, 0.5) is 4.79 Å². The lowest BCUT2D eigenvalue weighted by Gasteiger charge is -2.19. The van der Waals surface area contributed by atoms with Gasteiger partial charge in [-0.25, -0.2) is 9.48 Å². The molecule has 3 rings (SSSR count). The summed E-state index contributed by atoms with van der Waals surface area (Å²) in [6, 6.07) is -0.313. The number of hydrazine groups is 1. The molecule has 1 aliphatic carbocycles. The second kappa shape index (κ2) is 5.80. The van der Waals surface area contributed by atoms with Crippen molar-refractivity contribution in [3.63, 3.8) is 0 Å². The summed E-state index contributed by atoms with van der Waals surface area (Å²) >= 11 is 1.17. The monoisotopic (exact) mass is 339 g/mol. The largest absolute Gasteiger partial charge is 0.344 e. The molecule has 1 atom stereocenters. The Morgan fingerprint density at radius 1 is 1.48 bits per heavy atom. The maximum absolute atomic E-state index is 12.2. The van der Waals surface area contributed by atoms with Crippen molar-refractivity contribution in [1.29, 1.82) is 0 Å². The van der Waals surface area contributed by atoms with E-state index in [0.717, 1.165) is 17.9 Å². The van der Waals surface area contributed by atoms with Crippen LogP contribution >= 0.6 is 11.8 Å². The van der Waals surface area contributed by atoms with Crippen LogP contribution in [0.5, 0.6) is 0 Å². The fourth-order valence-electron chi connectivity index (χ4n) is 2.14. The van der Waals surface area contributed by atoms with Crippen molar-refractivity contribution in [2.75, 3.05) is 5.75 Å². The Labute approximate surface area is 136 Å². The van der Waals surface area contributed by atoms with E-state index in [0.29, 0.717) is 17.6 Å². The third-order valence-corrected chi connectivity index (χ3v) is 4.83. The second-order valence-corrected chi connectivity index (χ2v) is 6.66. The van der Waals surface area contributed by atoms with Crippen LogP contribution in [0.1, 0.15) is 39.2 Å². The highest BCUT2D eigenvalue weighted by Gasteiger charge is 2.47. The van der Waals surface area contributed by atoms with E-state index >= 15 is 0 Å². The number of rotatable bonds is 6. The molecule has 1 aromatic heterocycles. The molecule has 0 bridgehead atoms. The molecule has 23 heavy (non-hydrogen) atoms. The van der Waals surface area contributed by atoms with Gasteiger partial charge in [0.05, 0.1) is 11.8 Å². The molecule has 2 fully saturated rings. The fraction of sp³-hybridized carbons (Fsp3) is 0.667. The molecular formula is C12H17N7O3S. The molecule has 0 spiro atoms. The van der Waals surface area contributed by atoms with Crippen LogP contribution in [0.25, 0.3) is 0 Å². The molecule has 11 heteroatoms. The number of hydrogen-bond donors (Lipinski definition) is 2. The van der Waals surface area contributed by atoms with Crippen molar-refractivity contribution in [3.8, 4) is 0 Å². The van der Waals surface area contributed by atoms with E-state index in [1.807, 2.05) is 0 Å². The van der Waals surface area contributed by atoms with E-state index in [4.69, 9.17) is 0 Å². The molecular weight excluding hydrogens is 322 g/mol. The molecule has 2 aliphatic rings. The summed E-state index contributed by atoms with van der Waals surface area (Å²) in [5.41, 5.74) is 1.35. The van der Waals surface area contributed by atoms with Crippen LogP contribution in [0.3, 0.4) is 0 Å². The van der Waals surface area contributed by atoms with Crippen LogP contribution < -0.4 is 10.7 Å². The van der Waals surface area contributed by atoms with Gasteiger partial charge in [0.15, 0.2) is 0 Å². The number of thioether (sulfide) groups is 1. The van der Waals surface area contributed by atoms with Crippen LogP contribution in [-0.2, 0) is 9.59 Å². The van der Waals surface area contributed by atoms with Crippen molar-refractivity contribution >= 4 is 29.6 Å². The van der Waals surface area contributed by atoms with E-state index in [2.05, 4.69) is 26.3 Å². The zero-order chi connectivity index (χ0) is 16.6. The van der Waals surface area contributed by atoms with Gasteiger partial charge >= 0.3 is 6.03 Å². The smallest absolute Gasteiger partial charge is 0.322 e. The molecule has 2 N–H and O–H groups in total. The summed E-state index contributed by atoms with van der Waals surface area (Å²) in [5.74, 6) is -0.928. The van der Waals surface area contributed by atoms with Gasteiger partial charge in [0, 0.05) is 0 Å². The lowest BCUT2D eigenvalue weighted by molar-refractivity contribution is -0.137.